The molecule has 5 heteroatoms. The van der Waals surface area contributed by atoms with Gasteiger partial charge in [-0.05, 0) is 12.8 Å². The van der Waals surface area contributed by atoms with E-state index in [1.807, 2.05) is 24.0 Å². The number of hydrogen-bond acceptors (Lipinski definition) is 4. The third kappa shape index (κ3) is 4.30. The largest absolute Gasteiger partial charge is 0.380 e. The third-order valence-electron chi connectivity index (χ3n) is 2.54. The number of nitrogens with zero attached hydrogens (tertiary/aromatic N) is 2. The Balaban J connectivity index is 2.26. The first kappa shape index (κ1) is 13.2. The quantitative estimate of drug-likeness (QED) is 0.387. The Bertz CT molecular complexity index is 287. The van der Waals surface area contributed by atoms with Crippen molar-refractivity contribution in [3.8, 4) is 0 Å². The highest BCUT2D eigenvalue weighted by molar-refractivity contribution is 4.91. The smallest absolute Gasteiger partial charge is 0.108 e. The van der Waals surface area contributed by atoms with Gasteiger partial charge in [-0.15, -0.1) is 0 Å². The first-order chi connectivity index (χ1) is 7.77. The molecular formula is C11H22N4O. The van der Waals surface area contributed by atoms with E-state index in [-0.39, 0.29) is 6.04 Å². The Kier molecular flexibility index (Phi) is 6.07. The molecule has 0 spiro atoms. The van der Waals surface area contributed by atoms with Crippen molar-refractivity contribution >= 4 is 0 Å². The first-order valence-corrected chi connectivity index (χ1v) is 5.78. The molecule has 1 aromatic heterocycles. The summed E-state index contributed by atoms with van der Waals surface area (Å²) in [6, 6.07) is 0.197. The lowest BCUT2D eigenvalue weighted by Gasteiger charge is -2.15. The summed E-state index contributed by atoms with van der Waals surface area (Å²) in [5, 5.41) is 0. The predicted octanol–water partition coefficient (Wildman–Crippen LogP) is 0.611. The van der Waals surface area contributed by atoms with Crippen LogP contribution in [0.15, 0.2) is 12.4 Å². The number of nitrogens with two attached hydrogens (primary N) is 1. The zero-order valence-corrected chi connectivity index (χ0v) is 10.1. The van der Waals surface area contributed by atoms with Crippen LogP contribution in [0.4, 0.5) is 0 Å². The molecule has 5 nitrogen and oxygen atoms in total. The zero-order valence-electron chi connectivity index (χ0n) is 10.1. The fourth-order valence-corrected chi connectivity index (χ4v) is 1.53. The lowest BCUT2D eigenvalue weighted by Crippen LogP contribution is -2.39. The van der Waals surface area contributed by atoms with Gasteiger partial charge in [-0.3, -0.25) is 11.3 Å². The van der Waals surface area contributed by atoms with Crippen molar-refractivity contribution in [3.63, 3.8) is 0 Å². The molecule has 0 fully saturated rings. The standard InChI is InChI=1S/C11H22N4O/c1-3-8-16-9-10(14-12)4-5-11-13-6-7-15(11)2/h6-7,10,14H,3-5,8-9,12H2,1-2H3. The summed E-state index contributed by atoms with van der Waals surface area (Å²) in [6.07, 6.45) is 6.65. The average molecular weight is 226 g/mol. The summed E-state index contributed by atoms with van der Waals surface area (Å²) in [4.78, 5) is 4.27. The molecule has 0 amide bonds. The Morgan fingerprint density at radius 1 is 1.62 bits per heavy atom. The second kappa shape index (κ2) is 7.38. The molecule has 0 saturated carbocycles. The third-order valence-corrected chi connectivity index (χ3v) is 2.54. The van der Waals surface area contributed by atoms with E-state index in [1.165, 1.54) is 0 Å². The average Bonchev–Trinajstić information content (AvgIpc) is 2.69. The maximum absolute atomic E-state index is 5.48. The Hall–Kier alpha value is -0.910. The van der Waals surface area contributed by atoms with Crippen LogP contribution in [-0.2, 0) is 18.2 Å². The molecule has 1 unspecified atom stereocenters. The molecule has 1 heterocycles. The van der Waals surface area contributed by atoms with E-state index in [2.05, 4.69) is 17.3 Å². The van der Waals surface area contributed by atoms with Crippen LogP contribution >= 0.6 is 0 Å². The van der Waals surface area contributed by atoms with E-state index < -0.39 is 0 Å². The Morgan fingerprint density at radius 3 is 3.00 bits per heavy atom. The maximum atomic E-state index is 5.48. The predicted molar refractivity (Wildman–Crippen MR) is 63.8 cm³/mol. The fourth-order valence-electron chi connectivity index (χ4n) is 1.53. The highest BCUT2D eigenvalue weighted by Crippen LogP contribution is 2.02. The van der Waals surface area contributed by atoms with E-state index in [0.717, 1.165) is 31.7 Å². The maximum Gasteiger partial charge on any atom is 0.108 e. The molecule has 92 valence electrons. The van der Waals surface area contributed by atoms with Crippen molar-refractivity contribution in [2.75, 3.05) is 13.2 Å². The molecule has 0 saturated heterocycles. The number of hydrazine groups is 1. The highest BCUT2D eigenvalue weighted by Gasteiger charge is 2.08. The van der Waals surface area contributed by atoms with Gasteiger partial charge in [0.25, 0.3) is 0 Å². The summed E-state index contributed by atoms with van der Waals surface area (Å²) < 4.78 is 7.49. The number of aryl methyl sites for hydroxylation is 2. The number of rotatable bonds is 8. The van der Waals surface area contributed by atoms with Gasteiger partial charge in [-0.2, -0.15) is 0 Å². The van der Waals surface area contributed by atoms with Crippen LogP contribution in [0.2, 0.25) is 0 Å². The van der Waals surface area contributed by atoms with E-state index in [4.69, 9.17) is 10.6 Å². The second-order valence-corrected chi connectivity index (χ2v) is 3.93. The number of imidazole rings is 1. The van der Waals surface area contributed by atoms with E-state index in [9.17, 15) is 0 Å². The van der Waals surface area contributed by atoms with Crippen molar-refractivity contribution in [2.45, 2.75) is 32.2 Å². The molecule has 1 aromatic rings. The number of hydrogen-bond donors (Lipinski definition) is 2. The van der Waals surface area contributed by atoms with Crippen molar-refractivity contribution in [2.24, 2.45) is 12.9 Å². The topological polar surface area (TPSA) is 65.1 Å². The van der Waals surface area contributed by atoms with E-state index in [0.29, 0.717) is 6.61 Å². The molecule has 0 aliphatic carbocycles. The van der Waals surface area contributed by atoms with Gasteiger partial charge >= 0.3 is 0 Å². The second-order valence-electron chi connectivity index (χ2n) is 3.93. The number of nitrogens with one attached hydrogen (secondary N) is 1. The molecule has 0 aromatic carbocycles. The molecule has 1 atom stereocenters. The van der Waals surface area contributed by atoms with Gasteiger partial charge in [0.2, 0.25) is 0 Å². The van der Waals surface area contributed by atoms with Gasteiger partial charge in [-0.25, -0.2) is 4.98 Å². The minimum atomic E-state index is 0.197. The van der Waals surface area contributed by atoms with Crippen molar-refractivity contribution in [3.05, 3.63) is 18.2 Å². The lowest BCUT2D eigenvalue weighted by atomic mass is 10.1. The zero-order chi connectivity index (χ0) is 11.8. The van der Waals surface area contributed by atoms with Gasteiger partial charge in [0, 0.05) is 38.5 Å². The molecule has 0 aliphatic rings. The summed E-state index contributed by atoms with van der Waals surface area (Å²) in [5.41, 5.74) is 2.78. The fraction of sp³-hybridized carbons (Fsp3) is 0.727. The van der Waals surface area contributed by atoms with E-state index in [1.54, 1.807) is 0 Å². The normalized spacial score (nSPS) is 12.9. The summed E-state index contributed by atoms with van der Waals surface area (Å²) in [5.74, 6) is 6.55. The molecule has 0 aliphatic heterocycles. The van der Waals surface area contributed by atoms with Crippen LogP contribution in [0.5, 0.6) is 0 Å². The van der Waals surface area contributed by atoms with Crippen LogP contribution < -0.4 is 11.3 Å². The minimum Gasteiger partial charge on any atom is -0.380 e. The molecular weight excluding hydrogens is 204 g/mol. The van der Waals surface area contributed by atoms with Crippen LogP contribution in [0.25, 0.3) is 0 Å². The molecule has 3 N–H and O–H groups in total. The van der Waals surface area contributed by atoms with Gasteiger partial charge < -0.3 is 9.30 Å². The molecule has 0 radical (unpaired) electrons. The monoisotopic (exact) mass is 226 g/mol. The summed E-state index contributed by atoms with van der Waals surface area (Å²) in [6.45, 7) is 3.55. The SMILES string of the molecule is CCCOCC(CCc1nccn1C)NN. The highest BCUT2D eigenvalue weighted by atomic mass is 16.5. The molecule has 1 rings (SSSR count). The molecule has 16 heavy (non-hydrogen) atoms. The number of aromatic nitrogens is 2. The number of ether oxygens (including phenoxy) is 1. The van der Waals surface area contributed by atoms with Crippen LogP contribution in [0, 0.1) is 0 Å². The van der Waals surface area contributed by atoms with Crippen molar-refractivity contribution < 1.29 is 4.74 Å². The van der Waals surface area contributed by atoms with Gasteiger partial charge in [-0.1, -0.05) is 6.92 Å². The van der Waals surface area contributed by atoms with Crippen molar-refractivity contribution in [1.82, 2.24) is 15.0 Å². The van der Waals surface area contributed by atoms with Crippen molar-refractivity contribution in [1.29, 1.82) is 0 Å². The van der Waals surface area contributed by atoms with Crippen LogP contribution in [0.1, 0.15) is 25.6 Å². The van der Waals surface area contributed by atoms with Gasteiger partial charge in [0.05, 0.1) is 6.61 Å². The van der Waals surface area contributed by atoms with Gasteiger partial charge in [0.15, 0.2) is 0 Å². The molecule has 0 bridgehead atoms. The van der Waals surface area contributed by atoms with E-state index >= 15 is 0 Å². The summed E-state index contributed by atoms with van der Waals surface area (Å²) in [7, 11) is 2.00. The van der Waals surface area contributed by atoms with Gasteiger partial charge in [0.1, 0.15) is 5.82 Å². The Labute approximate surface area is 97.0 Å². The lowest BCUT2D eigenvalue weighted by molar-refractivity contribution is 0.109. The van der Waals surface area contributed by atoms with Crippen LogP contribution in [0.3, 0.4) is 0 Å². The summed E-state index contributed by atoms with van der Waals surface area (Å²) >= 11 is 0. The Morgan fingerprint density at radius 2 is 2.44 bits per heavy atom. The minimum absolute atomic E-state index is 0.197. The first-order valence-electron chi connectivity index (χ1n) is 5.78. The van der Waals surface area contributed by atoms with Crippen LogP contribution in [-0.4, -0.2) is 28.8 Å².